The van der Waals surface area contributed by atoms with Crippen LogP contribution in [0.3, 0.4) is 0 Å². The molecule has 2 aromatic heterocycles. The summed E-state index contributed by atoms with van der Waals surface area (Å²) in [6.07, 6.45) is 0.877. The Balaban J connectivity index is 2.10. The third kappa shape index (κ3) is 3.59. The molecule has 0 aromatic carbocycles. The number of nitrogens with zero attached hydrogens (tertiary/aromatic N) is 5. The summed E-state index contributed by atoms with van der Waals surface area (Å²) in [6, 6.07) is 0.242. The van der Waals surface area contributed by atoms with E-state index in [1.165, 1.54) is 0 Å². The van der Waals surface area contributed by atoms with E-state index in [0.717, 1.165) is 23.4 Å². The molecule has 0 unspecified atom stereocenters. The van der Waals surface area contributed by atoms with Crippen molar-refractivity contribution in [2.75, 3.05) is 17.7 Å². The molecule has 21 heavy (non-hydrogen) atoms. The van der Waals surface area contributed by atoms with Crippen molar-refractivity contribution in [1.29, 1.82) is 0 Å². The van der Waals surface area contributed by atoms with Crippen LogP contribution in [0, 0.1) is 13.8 Å². The highest BCUT2D eigenvalue weighted by atomic mass is 16.5. The highest BCUT2D eigenvalue weighted by molar-refractivity contribution is 5.35. The molecule has 0 atom stereocenters. The van der Waals surface area contributed by atoms with E-state index >= 15 is 0 Å². The first kappa shape index (κ1) is 15.0. The van der Waals surface area contributed by atoms with Gasteiger partial charge in [-0.1, -0.05) is 6.92 Å². The van der Waals surface area contributed by atoms with Gasteiger partial charge in [-0.05, 0) is 20.3 Å². The number of nitrogens with one attached hydrogen (secondary N) is 1. The number of hydrogen-bond acceptors (Lipinski definition) is 7. The lowest BCUT2D eigenvalue weighted by Gasteiger charge is -2.08. The van der Waals surface area contributed by atoms with Gasteiger partial charge in [0.25, 0.3) is 0 Å². The normalized spacial score (nSPS) is 10.7. The molecule has 0 saturated heterocycles. The minimum atomic E-state index is 0.137. The lowest BCUT2D eigenvalue weighted by atomic mass is 10.2. The van der Waals surface area contributed by atoms with Crippen LogP contribution in [0.2, 0.25) is 0 Å². The van der Waals surface area contributed by atoms with Gasteiger partial charge in [0.05, 0.1) is 12.3 Å². The number of anilines is 2. The number of ether oxygens (including phenoxy) is 1. The quantitative estimate of drug-likeness (QED) is 0.824. The average molecular weight is 291 g/mol. The Hall–Kier alpha value is -2.38. The van der Waals surface area contributed by atoms with Gasteiger partial charge < -0.3 is 15.8 Å². The maximum absolute atomic E-state index is 5.67. The van der Waals surface area contributed by atoms with Crippen molar-refractivity contribution in [2.45, 2.75) is 33.7 Å². The lowest BCUT2D eigenvalue weighted by Crippen LogP contribution is -2.10. The van der Waals surface area contributed by atoms with E-state index in [-0.39, 0.29) is 12.0 Å². The zero-order chi connectivity index (χ0) is 15.4. The van der Waals surface area contributed by atoms with E-state index in [2.05, 4.69) is 25.4 Å². The molecule has 0 radical (unpaired) electrons. The SMILES string of the molecule is CCCOc1nc(N)nc(NCc2c(C)nn(C)c2C)n1. The monoisotopic (exact) mass is 291 g/mol. The van der Waals surface area contributed by atoms with Crippen molar-refractivity contribution in [3.63, 3.8) is 0 Å². The Kier molecular flexibility index (Phi) is 4.56. The predicted octanol–water partition coefficient (Wildman–Crippen LogP) is 1.21. The maximum atomic E-state index is 5.67. The van der Waals surface area contributed by atoms with Gasteiger partial charge in [-0.2, -0.15) is 20.1 Å². The maximum Gasteiger partial charge on any atom is 0.323 e. The highest BCUT2D eigenvalue weighted by Gasteiger charge is 2.11. The molecule has 0 aliphatic rings. The van der Waals surface area contributed by atoms with E-state index in [1.807, 2.05) is 32.5 Å². The molecule has 8 nitrogen and oxygen atoms in total. The van der Waals surface area contributed by atoms with Crippen LogP contribution >= 0.6 is 0 Å². The number of nitrogens with two attached hydrogens (primary N) is 1. The Morgan fingerprint density at radius 3 is 2.62 bits per heavy atom. The molecular weight excluding hydrogens is 270 g/mol. The average Bonchev–Trinajstić information content (AvgIpc) is 2.67. The molecule has 3 N–H and O–H groups in total. The Bertz CT molecular complexity index is 623. The third-order valence-electron chi connectivity index (χ3n) is 3.15. The molecule has 0 bridgehead atoms. The Labute approximate surface area is 123 Å². The van der Waals surface area contributed by atoms with Gasteiger partial charge in [0.15, 0.2) is 0 Å². The number of aryl methyl sites for hydroxylation is 2. The standard InChI is InChI=1S/C13H21N7O/c1-5-6-21-13-17-11(14)16-12(18-13)15-7-10-8(2)19-20(4)9(10)3/h5-7H2,1-4H3,(H3,14,15,16,17,18). The van der Waals surface area contributed by atoms with Gasteiger partial charge >= 0.3 is 6.01 Å². The summed E-state index contributed by atoms with van der Waals surface area (Å²) in [6.45, 7) is 7.12. The fourth-order valence-electron chi connectivity index (χ4n) is 1.95. The lowest BCUT2D eigenvalue weighted by molar-refractivity contribution is 0.292. The molecule has 2 aromatic rings. The molecule has 8 heteroatoms. The van der Waals surface area contributed by atoms with Gasteiger partial charge in [-0.3, -0.25) is 4.68 Å². The van der Waals surface area contributed by atoms with Crippen LogP contribution < -0.4 is 15.8 Å². The fourth-order valence-corrected chi connectivity index (χ4v) is 1.95. The first-order valence-electron chi connectivity index (χ1n) is 6.88. The Morgan fingerprint density at radius 1 is 1.24 bits per heavy atom. The molecule has 0 aliphatic heterocycles. The van der Waals surface area contributed by atoms with Crippen molar-refractivity contribution in [3.8, 4) is 6.01 Å². The summed E-state index contributed by atoms with van der Waals surface area (Å²) in [5.74, 6) is 0.537. The summed E-state index contributed by atoms with van der Waals surface area (Å²) < 4.78 is 7.23. The van der Waals surface area contributed by atoms with Crippen molar-refractivity contribution >= 4 is 11.9 Å². The van der Waals surface area contributed by atoms with Crippen LogP contribution in [0.5, 0.6) is 6.01 Å². The van der Waals surface area contributed by atoms with Crippen LogP contribution in [0.15, 0.2) is 0 Å². The van der Waals surface area contributed by atoms with Crippen molar-refractivity contribution < 1.29 is 4.74 Å². The molecule has 0 amide bonds. The van der Waals surface area contributed by atoms with Gasteiger partial charge in [0.1, 0.15) is 0 Å². The van der Waals surface area contributed by atoms with E-state index in [1.54, 1.807) is 0 Å². The Morgan fingerprint density at radius 2 is 2.00 bits per heavy atom. The molecule has 0 fully saturated rings. The highest BCUT2D eigenvalue weighted by Crippen LogP contribution is 2.15. The van der Waals surface area contributed by atoms with Crippen LogP contribution in [0.1, 0.15) is 30.3 Å². The van der Waals surface area contributed by atoms with E-state index in [9.17, 15) is 0 Å². The molecule has 0 spiro atoms. The van der Waals surface area contributed by atoms with Crippen LogP contribution in [-0.2, 0) is 13.6 Å². The second kappa shape index (κ2) is 6.38. The molecule has 0 aliphatic carbocycles. The zero-order valence-corrected chi connectivity index (χ0v) is 12.8. The second-order valence-electron chi connectivity index (χ2n) is 4.77. The summed E-state index contributed by atoms with van der Waals surface area (Å²) >= 11 is 0. The van der Waals surface area contributed by atoms with E-state index in [4.69, 9.17) is 10.5 Å². The second-order valence-corrected chi connectivity index (χ2v) is 4.77. The van der Waals surface area contributed by atoms with Crippen LogP contribution in [0.25, 0.3) is 0 Å². The summed E-state index contributed by atoms with van der Waals surface area (Å²) in [5, 5.41) is 7.51. The zero-order valence-electron chi connectivity index (χ0n) is 12.8. The summed E-state index contributed by atoms with van der Waals surface area (Å²) in [7, 11) is 1.92. The van der Waals surface area contributed by atoms with E-state index < -0.39 is 0 Å². The van der Waals surface area contributed by atoms with Gasteiger partial charge in [-0.15, -0.1) is 0 Å². The third-order valence-corrected chi connectivity index (χ3v) is 3.15. The van der Waals surface area contributed by atoms with Crippen molar-refractivity contribution in [1.82, 2.24) is 24.7 Å². The van der Waals surface area contributed by atoms with Crippen molar-refractivity contribution in [2.24, 2.45) is 7.05 Å². The summed E-state index contributed by atoms with van der Waals surface area (Å²) in [5.41, 5.74) is 8.86. The van der Waals surface area contributed by atoms with E-state index in [0.29, 0.717) is 19.1 Å². The molecule has 114 valence electrons. The number of rotatable bonds is 6. The van der Waals surface area contributed by atoms with Crippen LogP contribution in [-0.4, -0.2) is 31.3 Å². The van der Waals surface area contributed by atoms with Gasteiger partial charge in [0, 0.05) is 24.8 Å². The van der Waals surface area contributed by atoms with Crippen molar-refractivity contribution in [3.05, 3.63) is 17.0 Å². The molecular formula is C13H21N7O. The summed E-state index contributed by atoms with van der Waals surface area (Å²) in [4.78, 5) is 12.2. The largest absolute Gasteiger partial charge is 0.463 e. The minimum absolute atomic E-state index is 0.137. The number of nitrogen functional groups attached to an aromatic ring is 1. The topological polar surface area (TPSA) is 104 Å². The van der Waals surface area contributed by atoms with Crippen LogP contribution in [0.4, 0.5) is 11.9 Å². The minimum Gasteiger partial charge on any atom is -0.463 e. The molecule has 0 saturated carbocycles. The predicted molar refractivity (Wildman–Crippen MR) is 80.0 cm³/mol. The number of aromatic nitrogens is 5. The fraction of sp³-hybridized carbons (Fsp3) is 0.538. The first-order valence-corrected chi connectivity index (χ1v) is 6.88. The smallest absolute Gasteiger partial charge is 0.323 e. The number of hydrogen-bond donors (Lipinski definition) is 2. The van der Waals surface area contributed by atoms with Gasteiger partial charge in [0.2, 0.25) is 11.9 Å². The van der Waals surface area contributed by atoms with Gasteiger partial charge in [-0.25, -0.2) is 0 Å². The molecule has 2 rings (SSSR count). The first-order chi connectivity index (χ1) is 10.0. The molecule has 2 heterocycles.